The number of nitrogens with two attached hydrogens (primary N) is 1. The summed E-state index contributed by atoms with van der Waals surface area (Å²) in [5.41, 5.74) is 5.54. The Morgan fingerprint density at radius 2 is 2.15 bits per heavy atom. The van der Waals surface area contributed by atoms with Crippen LogP contribution in [0.5, 0.6) is 0 Å². The minimum Gasteiger partial charge on any atom is -0.395 e. The fraction of sp³-hybridized carbons (Fsp3) is 1.00. The Hall–Kier alpha value is 0.230. The van der Waals surface area contributed by atoms with Crippen molar-refractivity contribution in [2.24, 2.45) is 5.73 Å². The van der Waals surface area contributed by atoms with E-state index in [0.717, 1.165) is 12.2 Å². The van der Waals surface area contributed by atoms with Gasteiger partial charge < -0.3 is 10.8 Å². The van der Waals surface area contributed by atoms with Gasteiger partial charge in [0.2, 0.25) is 0 Å². The van der Waals surface area contributed by atoms with Crippen molar-refractivity contribution in [1.29, 1.82) is 0 Å². The predicted octanol–water partition coefficient (Wildman–Crippen LogP) is 0.379. The first-order valence-corrected chi connectivity index (χ1v) is 6.08. The maximum Gasteiger partial charge on any atom is 0.0599 e. The van der Waals surface area contributed by atoms with Crippen LogP contribution in [0.15, 0.2) is 0 Å². The quantitative estimate of drug-likeness (QED) is 0.632. The molecule has 0 aliphatic rings. The highest BCUT2D eigenvalue weighted by atomic mass is 32.2. The minimum absolute atomic E-state index is 0.108. The van der Waals surface area contributed by atoms with Crippen LogP contribution in [-0.4, -0.2) is 54.3 Å². The molecule has 0 aromatic heterocycles. The number of likely N-dealkylation sites (N-methyl/N-ethyl adjacent to an activating group) is 1. The highest BCUT2D eigenvalue weighted by Gasteiger charge is 2.16. The molecule has 0 aliphatic heterocycles. The second-order valence-corrected chi connectivity index (χ2v) is 4.35. The highest BCUT2D eigenvalue weighted by molar-refractivity contribution is 7.98. The molecule has 0 fully saturated rings. The van der Waals surface area contributed by atoms with Crippen molar-refractivity contribution in [3.8, 4) is 0 Å². The molecule has 3 nitrogen and oxygen atoms in total. The molecule has 0 heterocycles. The Morgan fingerprint density at radius 3 is 2.54 bits per heavy atom. The van der Waals surface area contributed by atoms with E-state index in [1.165, 1.54) is 0 Å². The molecule has 0 saturated carbocycles. The third kappa shape index (κ3) is 4.86. The Balaban J connectivity index is 3.83. The fourth-order valence-electron chi connectivity index (χ4n) is 1.22. The topological polar surface area (TPSA) is 49.5 Å². The smallest absolute Gasteiger partial charge is 0.0599 e. The zero-order valence-corrected chi connectivity index (χ0v) is 9.68. The second kappa shape index (κ2) is 7.62. The van der Waals surface area contributed by atoms with Crippen molar-refractivity contribution in [3.63, 3.8) is 0 Å². The van der Waals surface area contributed by atoms with Gasteiger partial charge >= 0.3 is 0 Å². The van der Waals surface area contributed by atoms with E-state index in [2.05, 4.69) is 18.1 Å². The maximum atomic E-state index is 9.04. The first-order valence-electron chi connectivity index (χ1n) is 4.69. The molecule has 4 heteroatoms. The van der Waals surface area contributed by atoms with Crippen molar-refractivity contribution in [2.45, 2.75) is 25.4 Å². The van der Waals surface area contributed by atoms with Gasteiger partial charge in [-0.2, -0.15) is 11.8 Å². The summed E-state index contributed by atoms with van der Waals surface area (Å²) in [4.78, 5) is 2.16. The number of nitrogens with zero attached hydrogens (tertiary/aromatic N) is 1. The normalized spacial score (nSPS) is 16.2. The first kappa shape index (κ1) is 13.2. The fourth-order valence-corrected chi connectivity index (χ4v) is 1.80. The van der Waals surface area contributed by atoms with Crippen LogP contribution in [0, 0.1) is 0 Å². The SMILES string of the molecule is CSCCC(C)N(C)C(CN)CO. The van der Waals surface area contributed by atoms with Crippen molar-refractivity contribution in [3.05, 3.63) is 0 Å². The van der Waals surface area contributed by atoms with Gasteiger partial charge in [0, 0.05) is 18.6 Å². The molecule has 0 spiro atoms. The molecule has 0 amide bonds. The van der Waals surface area contributed by atoms with Crippen molar-refractivity contribution >= 4 is 11.8 Å². The summed E-state index contributed by atoms with van der Waals surface area (Å²) in [5.74, 6) is 1.16. The van der Waals surface area contributed by atoms with E-state index >= 15 is 0 Å². The molecule has 0 rings (SSSR count). The molecule has 0 aromatic carbocycles. The predicted molar refractivity (Wildman–Crippen MR) is 60.2 cm³/mol. The lowest BCUT2D eigenvalue weighted by atomic mass is 10.1. The van der Waals surface area contributed by atoms with Crippen LogP contribution in [0.2, 0.25) is 0 Å². The molecule has 2 atom stereocenters. The summed E-state index contributed by atoms with van der Waals surface area (Å²) in [6, 6.07) is 0.602. The summed E-state index contributed by atoms with van der Waals surface area (Å²) in [6.45, 7) is 2.85. The Morgan fingerprint density at radius 1 is 1.54 bits per heavy atom. The van der Waals surface area contributed by atoms with E-state index in [4.69, 9.17) is 10.8 Å². The second-order valence-electron chi connectivity index (χ2n) is 3.37. The largest absolute Gasteiger partial charge is 0.395 e. The lowest BCUT2D eigenvalue weighted by Gasteiger charge is -2.31. The number of aliphatic hydroxyl groups is 1. The lowest BCUT2D eigenvalue weighted by molar-refractivity contribution is 0.118. The molecule has 0 bridgehead atoms. The van der Waals surface area contributed by atoms with Gasteiger partial charge in [0.1, 0.15) is 0 Å². The monoisotopic (exact) mass is 206 g/mol. The first-order chi connectivity index (χ1) is 6.17. The molecule has 0 aromatic rings. The van der Waals surface area contributed by atoms with Gasteiger partial charge in [0.15, 0.2) is 0 Å². The summed E-state index contributed by atoms with van der Waals surface area (Å²) < 4.78 is 0. The Bertz CT molecular complexity index is 120. The molecule has 2 unspecified atom stereocenters. The molecule has 0 radical (unpaired) electrons. The Kier molecular flexibility index (Phi) is 7.75. The number of thioether (sulfide) groups is 1. The Labute approximate surface area is 85.7 Å². The van der Waals surface area contributed by atoms with Crippen LogP contribution in [0.25, 0.3) is 0 Å². The van der Waals surface area contributed by atoms with Crippen molar-refractivity contribution in [1.82, 2.24) is 4.90 Å². The number of aliphatic hydroxyl groups excluding tert-OH is 1. The lowest BCUT2D eigenvalue weighted by Crippen LogP contribution is -2.45. The van der Waals surface area contributed by atoms with E-state index in [1.54, 1.807) is 0 Å². The van der Waals surface area contributed by atoms with Gasteiger partial charge in [-0.3, -0.25) is 4.90 Å². The van der Waals surface area contributed by atoms with Gasteiger partial charge in [-0.1, -0.05) is 0 Å². The number of hydrogen-bond acceptors (Lipinski definition) is 4. The molecule has 80 valence electrons. The maximum absolute atomic E-state index is 9.04. The van der Waals surface area contributed by atoms with Crippen LogP contribution in [0.1, 0.15) is 13.3 Å². The standard InChI is InChI=1S/C9H22N2OS/c1-8(4-5-13-3)11(2)9(6-10)7-12/h8-9,12H,4-7,10H2,1-3H3. The van der Waals surface area contributed by atoms with Gasteiger partial charge in [-0.15, -0.1) is 0 Å². The van der Waals surface area contributed by atoms with E-state index in [1.807, 2.05) is 18.8 Å². The zero-order chi connectivity index (χ0) is 10.3. The number of hydrogen-bond donors (Lipinski definition) is 2. The summed E-state index contributed by atoms with van der Waals surface area (Å²) in [5, 5.41) is 9.04. The molecule has 3 N–H and O–H groups in total. The van der Waals surface area contributed by atoms with E-state index in [0.29, 0.717) is 12.6 Å². The van der Waals surface area contributed by atoms with Crippen LogP contribution in [0.4, 0.5) is 0 Å². The van der Waals surface area contributed by atoms with Gasteiger partial charge in [0.05, 0.1) is 6.61 Å². The average molecular weight is 206 g/mol. The van der Waals surface area contributed by atoms with Gasteiger partial charge in [-0.25, -0.2) is 0 Å². The van der Waals surface area contributed by atoms with E-state index in [9.17, 15) is 0 Å². The van der Waals surface area contributed by atoms with Crippen LogP contribution < -0.4 is 5.73 Å². The van der Waals surface area contributed by atoms with E-state index in [-0.39, 0.29) is 12.6 Å². The molecular weight excluding hydrogens is 184 g/mol. The highest BCUT2D eigenvalue weighted by Crippen LogP contribution is 2.08. The third-order valence-electron chi connectivity index (χ3n) is 2.49. The molecule has 0 saturated heterocycles. The summed E-state index contributed by atoms with van der Waals surface area (Å²) >= 11 is 1.85. The van der Waals surface area contributed by atoms with Crippen molar-refractivity contribution < 1.29 is 5.11 Å². The van der Waals surface area contributed by atoms with Crippen LogP contribution >= 0.6 is 11.8 Å². The summed E-state index contributed by atoms with van der Waals surface area (Å²) in [7, 11) is 2.03. The third-order valence-corrected chi connectivity index (χ3v) is 3.14. The molecular formula is C9H22N2OS. The van der Waals surface area contributed by atoms with Crippen molar-refractivity contribution in [2.75, 3.05) is 32.2 Å². The zero-order valence-electron chi connectivity index (χ0n) is 8.86. The van der Waals surface area contributed by atoms with Gasteiger partial charge in [-0.05, 0) is 32.4 Å². The van der Waals surface area contributed by atoms with Crippen LogP contribution in [0.3, 0.4) is 0 Å². The summed E-state index contributed by atoms with van der Waals surface area (Å²) in [6.07, 6.45) is 3.26. The van der Waals surface area contributed by atoms with E-state index < -0.39 is 0 Å². The molecule has 0 aliphatic carbocycles. The van der Waals surface area contributed by atoms with Gasteiger partial charge in [0.25, 0.3) is 0 Å². The average Bonchev–Trinajstić information content (AvgIpc) is 2.15. The van der Waals surface area contributed by atoms with Crippen LogP contribution in [-0.2, 0) is 0 Å². The minimum atomic E-state index is 0.108. The molecule has 13 heavy (non-hydrogen) atoms. The number of rotatable bonds is 7.